The molecule has 0 spiro atoms. The van der Waals surface area contributed by atoms with Crippen LogP contribution in [0.1, 0.15) is 29.7 Å². The lowest BCUT2D eigenvalue weighted by Crippen LogP contribution is -2.44. The number of hydrogen-bond acceptors (Lipinski definition) is 4. The first-order chi connectivity index (χ1) is 15.9. The third-order valence-corrected chi connectivity index (χ3v) is 8.47. The van der Waals surface area contributed by atoms with Crippen LogP contribution in [0.15, 0.2) is 83.3 Å². The van der Waals surface area contributed by atoms with Gasteiger partial charge in [0.05, 0.1) is 7.11 Å². The number of nitrogens with one attached hydrogen (secondary N) is 1. The smallest absolute Gasteiger partial charge is 0.394 e. The van der Waals surface area contributed by atoms with Crippen molar-refractivity contribution in [2.45, 2.75) is 32.0 Å². The molecule has 8 heteroatoms. The fraction of sp³-hybridized carbons (Fsp3) is 0.240. The average Bonchev–Trinajstić information content (AvgIpc) is 2.83. The molecule has 0 radical (unpaired) electrons. The van der Waals surface area contributed by atoms with Crippen molar-refractivity contribution in [3.8, 4) is 5.75 Å². The molecule has 4 rings (SSSR count). The normalized spacial score (nSPS) is 19.7. The Labute approximate surface area is 202 Å². The highest BCUT2D eigenvalue weighted by Gasteiger charge is 2.44. The number of rotatable bonds is 7. The van der Waals surface area contributed by atoms with Crippen LogP contribution < -0.4 is 9.61 Å². The van der Waals surface area contributed by atoms with Crippen LogP contribution in [0.2, 0.25) is 0 Å². The first kappa shape index (κ1) is 23.7. The van der Waals surface area contributed by atoms with Crippen LogP contribution in [0, 0.1) is 0 Å². The first-order valence-corrected chi connectivity index (χ1v) is 13.1. The van der Waals surface area contributed by atoms with E-state index in [-0.39, 0.29) is 6.04 Å². The lowest BCUT2D eigenvalue weighted by molar-refractivity contribution is -0.142. The average molecular weight is 529 g/mol. The standard InChI is InChI=1S/C25H26BrN2O4P/c1-18(20-11-7-4-8-12-20)28-17-21-16-22(26)13-14-24(21)32-33(28,30)27-23(25(29)31-2)15-19-9-5-3-6-10-19/h3-14,16,18,23H,15,17H2,1-2H3,(H,27,30). The number of methoxy groups -OCH3 is 1. The van der Waals surface area contributed by atoms with Crippen molar-refractivity contribution in [1.29, 1.82) is 0 Å². The highest BCUT2D eigenvalue weighted by atomic mass is 79.9. The molecule has 172 valence electrons. The molecule has 0 fully saturated rings. The number of halogens is 1. The lowest BCUT2D eigenvalue weighted by Gasteiger charge is -2.40. The zero-order valence-corrected chi connectivity index (χ0v) is 21.0. The van der Waals surface area contributed by atoms with Gasteiger partial charge in [0.15, 0.2) is 0 Å². The highest BCUT2D eigenvalue weighted by molar-refractivity contribution is 9.10. The molecule has 3 atom stereocenters. The van der Waals surface area contributed by atoms with Crippen molar-refractivity contribution in [2.75, 3.05) is 7.11 Å². The Morgan fingerprint density at radius 1 is 1.12 bits per heavy atom. The number of nitrogens with zero attached hydrogens (tertiary/aromatic N) is 1. The predicted octanol–water partition coefficient (Wildman–Crippen LogP) is 5.89. The minimum atomic E-state index is -3.69. The maximum Gasteiger partial charge on any atom is 0.394 e. The maximum absolute atomic E-state index is 14.4. The zero-order chi connectivity index (χ0) is 23.4. The van der Waals surface area contributed by atoms with E-state index in [1.54, 1.807) is 10.7 Å². The molecule has 1 aliphatic rings. The molecule has 6 nitrogen and oxygen atoms in total. The predicted molar refractivity (Wildman–Crippen MR) is 132 cm³/mol. The molecule has 33 heavy (non-hydrogen) atoms. The van der Waals surface area contributed by atoms with Crippen molar-refractivity contribution in [3.63, 3.8) is 0 Å². The Bertz CT molecular complexity index is 1160. The molecule has 1 heterocycles. The van der Waals surface area contributed by atoms with Gasteiger partial charge in [-0.3, -0.25) is 4.79 Å². The van der Waals surface area contributed by atoms with Gasteiger partial charge in [-0.15, -0.1) is 0 Å². The van der Waals surface area contributed by atoms with Crippen LogP contribution in [-0.2, 0) is 27.1 Å². The number of fused-ring (bicyclic) bond motifs is 1. The molecule has 0 aliphatic carbocycles. The largest absolute Gasteiger partial charge is 0.468 e. The number of hydrogen-bond donors (Lipinski definition) is 1. The Kier molecular flexibility index (Phi) is 7.35. The molecule has 0 saturated carbocycles. The Morgan fingerprint density at radius 2 is 1.79 bits per heavy atom. The highest BCUT2D eigenvalue weighted by Crippen LogP contribution is 2.57. The quantitative estimate of drug-likeness (QED) is 0.304. The summed E-state index contributed by atoms with van der Waals surface area (Å²) in [5.41, 5.74) is 2.84. The zero-order valence-electron chi connectivity index (χ0n) is 18.5. The van der Waals surface area contributed by atoms with Crippen LogP contribution in [0.25, 0.3) is 0 Å². The number of ether oxygens (including phenoxy) is 1. The van der Waals surface area contributed by atoms with Crippen LogP contribution >= 0.6 is 23.6 Å². The van der Waals surface area contributed by atoms with Crippen molar-refractivity contribution in [2.24, 2.45) is 0 Å². The van der Waals surface area contributed by atoms with Gasteiger partial charge in [0.2, 0.25) is 0 Å². The summed E-state index contributed by atoms with van der Waals surface area (Å²) in [5, 5.41) is 3.06. The van der Waals surface area contributed by atoms with E-state index in [4.69, 9.17) is 9.26 Å². The van der Waals surface area contributed by atoms with Gasteiger partial charge in [0.1, 0.15) is 11.8 Å². The molecule has 0 aromatic heterocycles. The Morgan fingerprint density at radius 3 is 2.45 bits per heavy atom. The fourth-order valence-electron chi connectivity index (χ4n) is 3.95. The molecule has 3 aromatic carbocycles. The molecule has 1 aliphatic heterocycles. The van der Waals surface area contributed by atoms with Crippen LogP contribution in [0.3, 0.4) is 0 Å². The summed E-state index contributed by atoms with van der Waals surface area (Å²) in [5.74, 6) is 0.0421. The van der Waals surface area contributed by atoms with Crippen molar-refractivity contribution in [1.82, 2.24) is 9.76 Å². The summed E-state index contributed by atoms with van der Waals surface area (Å²) in [6, 6.07) is 23.9. The summed E-state index contributed by atoms with van der Waals surface area (Å²) < 4.78 is 28.3. The van der Waals surface area contributed by atoms with Gasteiger partial charge in [-0.1, -0.05) is 76.6 Å². The lowest BCUT2D eigenvalue weighted by atomic mass is 10.1. The van der Waals surface area contributed by atoms with Crippen molar-refractivity contribution in [3.05, 3.63) is 100 Å². The number of benzene rings is 3. The van der Waals surface area contributed by atoms with E-state index in [1.165, 1.54) is 7.11 Å². The van der Waals surface area contributed by atoms with Gasteiger partial charge in [-0.05, 0) is 42.7 Å². The van der Waals surface area contributed by atoms with E-state index in [0.29, 0.717) is 18.7 Å². The van der Waals surface area contributed by atoms with Gasteiger partial charge >= 0.3 is 13.6 Å². The van der Waals surface area contributed by atoms with E-state index < -0.39 is 19.7 Å². The molecule has 3 aromatic rings. The Hall–Kier alpha value is -2.44. The minimum absolute atomic E-state index is 0.230. The topological polar surface area (TPSA) is 67.9 Å². The monoisotopic (exact) mass is 528 g/mol. The van der Waals surface area contributed by atoms with Gasteiger partial charge in [0, 0.05) is 22.6 Å². The molecular weight excluding hydrogens is 503 g/mol. The van der Waals surface area contributed by atoms with Crippen LogP contribution in [0.4, 0.5) is 0 Å². The SMILES string of the molecule is COC(=O)C(Cc1ccccc1)NP1(=O)Oc2ccc(Br)cc2CN1C(C)c1ccccc1. The summed E-state index contributed by atoms with van der Waals surface area (Å²) in [7, 11) is -2.36. The fourth-order valence-corrected chi connectivity index (χ4v) is 6.63. The number of esters is 1. The molecule has 0 bridgehead atoms. The molecule has 0 saturated heterocycles. The van der Waals surface area contributed by atoms with E-state index in [2.05, 4.69) is 21.0 Å². The first-order valence-electron chi connectivity index (χ1n) is 10.7. The van der Waals surface area contributed by atoms with E-state index >= 15 is 0 Å². The molecule has 3 unspecified atom stereocenters. The molecule has 0 amide bonds. The second-order valence-corrected chi connectivity index (χ2v) is 10.9. The second-order valence-electron chi connectivity index (χ2n) is 7.94. The maximum atomic E-state index is 14.4. The van der Waals surface area contributed by atoms with E-state index in [0.717, 1.165) is 21.2 Å². The second kappa shape index (κ2) is 10.2. The minimum Gasteiger partial charge on any atom is -0.468 e. The van der Waals surface area contributed by atoms with Crippen LogP contribution in [-0.4, -0.2) is 23.8 Å². The molecular formula is C25H26BrN2O4P. The summed E-state index contributed by atoms with van der Waals surface area (Å²) in [6.07, 6.45) is 0.321. The third kappa shape index (κ3) is 5.39. The third-order valence-electron chi connectivity index (χ3n) is 5.73. The van der Waals surface area contributed by atoms with Crippen LogP contribution in [0.5, 0.6) is 5.75 Å². The number of carbonyl (C=O) groups excluding carboxylic acids is 1. The summed E-state index contributed by atoms with van der Waals surface area (Å²) >= 11 is 3.51. The van der Waals surface area contributed by atoms with Crippen molar-refractivity contribution < 1.29 is 18.6 Å². The van der Waals surface area contributed by atoms with E-state index in [1.807, 2.05) is 79.7 Å². The van der Waals surface area contributed by atoms with Gasteiger partial charge in [-0.2, -0.15) is 4.67 Å². The van der Waals surface area contributed by atoms with Gasteiger partial charge in [0.25, 0.3) is 0 Å². The summed E-state index contributed by atoms with van der Waals surface area (Å²) in [6.45, 7) is 2.38. The number of carbonyl (C=O) groups is 1. The van der Waals surface area contributed by atoms with Gasteiger partial charge in [-0.25, -0.2) is 9.65 Å². The van der Waals surface area contributed by atoms with Crippen molar-refractivity contribution >= 4 is 29.6 Å². The summed E-state index contributed by atoms with van der Waals surface area (Å²) in [4.78, 5) is 12.7. The van der Waals surface area contributed by atoms with E-state index in [9.17, 15) is 9.36 Å². The van der Waals surface area contributed by atoms with Gasteiger partial charge < -0.3 is 9.26 Å². The Balaban J connectivity index is 1.71. The molecule has 1 N–H and O–H groups in total.